The first-order chi connectivity index (χ1) is 7.15. The van der Waals surface area contributed by atoms with Crippen molar-refractivity contribution in [3.63, 3.8) is 0 Å². The molecule has 0 saturated carbocycles. The SMILES string of the molecule is CN1CCN(c2cc(Cl)cc(I)c2)CC1. The summed E-state index contributed by atoms with van der Waals surface area (Å²) in [5.41, 5.74) is 1.25. The number of halogens is 2. The van der Waals surface area contributed by atoms with E-state index in [9.17, 15) is 0 Å². The Morgan fingerprint density at radius 2 is 1.80 bits per heavy atom. The van der Waals surface area contributed by atoms with Crippen molar-refractivity contribution < 1.29 is 0 Å². The Balaban J connectivity index is 2.15. The molecule has 1 fully saturated rings. The molecule has 2 rings (SSSR count). The van der Waals surface area contributed by atoms with Crippen LogP contribution in [0.2, 0.25) is 5.02 Å². The van der Waals surface area contributed by atoms with Crippen LogP contribution in [0.4, 0.5) is 5.69 Å². The molecule has 0 spiro atoms. The summed E-state index contributed by atoms with van der Waals surface area (Å²) in [4.78, 5) is 4.75. The van der Waals surface area contributed by atoms with Gasteiger partial charge in [-0.05, 0) is 47.8 Å². The lowest BCUT2D eigenvalue weighted by atomic mass is 10.2. The van der Waals surface area contributed by atoms with Crippen LogP contribution in [0, 0.1) is 3.57 Å². The summed E-state index contributed by atoms with van der Waals surface area (Å²) in [7, 11) is 2.17. The van der Waals surface area contributed by atoms with Gasteiger partial charge in [-0.3, -0.25) is 0 Å². The van der Waals surface area contributed by atoms with E-state index in [1.807, 2.05) is 6.07 Å². The van der Waals surface area contributed by atoms with Crippen molar-refractivity contribution in [2.45, 2.75) is 0 Å². The van der Waals surface area contributed by atoms with Crippen LogP contribution in [0.5, 0.6) is 0 Å². The van der Waals surface area contributed by atoms with E-state index < -0.39 is 0 Å². The quantitative estimate of drug-likeness (QED) is 0.728. The third kappa shape index (κ3) is 2.98. The summed E-state index contributed by atoms with van der Waals surface area (Å²) < 4.78 is 1.20. The van der Waals surface area contributed by atoms with Gasteiger partial charge in [0.15, 0.2) is 0 Å². The van der Waals surface area contributed by atoms with Crippen LogP contribution in [-0.4, -0.2) is 38.1 Å². The largest absolute Gasteiger partial charge is 0.369 e. The molecule has 1 saturated heterocycles. The average molecular weight is 337 g/mol. The molecule has 0 unspecified atom stereocenters. The van der Waals surface area contributed by atoms with Gasteiger partial charge in [-0.25, -0.2) is 0 Å². The van der Waals surface area contributed by atoms with Gasteiger partial charge in [0.05, 0.1) is 0 Å². The predicted molar refractivity (Wildman–Crippen MR) is 73.9 cm³/mol. The highest BCUT2D eigenvalue weighted by atomic mass is 127. The Hall–Kier alpha value is -0.000000000000000111. The molecule has 1 aromatic carbocycles. The predicted octanol–water partition coefficient (Wildman–Crippen LogP) is 2.70. The highest BCUT2D eigenvalue weighted by Crippen LogP contribution is 2.24. The van der Waals surface area contributed by atoms with Crippen LogP contribution < -0.4 is 4.90 Å². The van der Waals surface area contributed by atoms with Crippen LogP contribution in [0.15, 0.2) is 18.2 Å². The van der Waals surface area contributed by atoms with Crippen LogP contribution in [0.3, 0.4) is 0 Å². The second-order valence-electron chi connectivity index (χ2n) is 3.92. The van der Waals surface area contributed by atoms with Gasteiger partial charge in [-0.15, -0.1) is 0 Å². The highest BCUT2D eigenvalue weighted by Gasteiger charge is 2.14. The van der Waals surface area contributed by atoms with E-state index in [0.717, 1.165) is 31.2 Å². The van der Waals surface area contributed by atoms with Crippen molar-refractivity contribution >= 4 is 39.9 Å². The van der Waals surface area contributed by atoms with Gasteiger partial charge in [-0.2, -0.15) is 0 Å². The monoisotopic (exact) mass is 336 g/mol. The Labute approximate surface area is 109 Å². The Kier molecular flexibility index (Phi) is 3.74. The first-order valence-electron chi connectivity index (χ1n) is 5.05. The summed E-state index contributed by atoms with van der Waals surface area (Å²) in [5.74, 6) is 0. The molecular formula is C11H14ClIN2. The fraction of sp³-hybridized carbons (Fsp3) is 0.455. The zero-order valence-electron chi connectivity index (χ0n) is 8.71. The van der Waals surface area contributed by atoms with Crippen LogP contribution in [-0.2, 0) is 0 Å². The van der Waals surface area contributed by atoms with Crippen molar-refractivity contribution in [1.82, 2.24) is 4.90 Å². The Bertz CT molecular complexity index is 328. The lowest BCUT2D eigenvalue weighted by Crippen LogP contribution is -2.44. The van der Waals surface area contributed by atoms with E-state index >= 15 is 0 Å². The first-order valence-corrected chi connectivity index (χ1v) is 6.50. The van der Waals surface area contributed by atoms with Gasteiger partial charge in [-0.1, -0.05) is 11.6 Å². The molecule has 0 radical (unpaired) electrons. The maximum atomic E-state index is 6.06. The molecular weight excluding hydrogens is 322 g/mol. The third-order valence-corrected chi connectivity index (χ3v) is 3.56. The first kappa shape index (κ1) is 11.5. The third-order valence-electron chi connectivity index (χ3n) is 2.72. The molecule has 1 aromatic rings. The standard InChI is InChI=1S/C11H14ClIN2/c1-14-2-4-15(5-3-14)11-7-9(12)6-10(13)8-11/h6-8H,2-5H2,1H3. The molecule has 0 aliphatic carbocycles. The molecule has 4 heteroatoms. The minimum absolute atomic E-state index is 0.829. The Morgan fingerprint density at radius 1 is 1.13 bits per heavy atom. The summed E-state index contributed by atoms with van der Waals surface area (Å²) >= 11 is 8.37. The molecule has 1 heterocycles. The fourth-order valence-electron chi connectivity index (χ4n) is 1.79. The molecule has 1 aliphatic rings. The topological polar surface area (TPSA) is 6.48 Å². The number of hydrogen-bond acceptors (Lipinski definition) is 2. The summed E-state index contributed by atoms with van der Waals surface area (Å²) in [6.45, 7) is 4.44. The number of piperazine rings is 1. The fourth-order valence-corrected chi connectivity index (χ4v) is 2.85. The zero-order valence-corrected chi connectivity index (χ0v) is 11.6. The maximum absolute atomic E-state index is 6.06. The second-order valence-corrected chi connectivity index (χ2v) is 5.60. The zero-order chi connectivity index (χ0) is 10.8. The second kappa shape index (κ2) is 4.89. The molecule has 0 atom stereocenters. The summed E-state index contributed by atoms with van der Waals surface area (Å²) in [6, 6.07) is 6.23. The van der Waals surface area contributed by atoms with Crippen LogP contribution in [0.1, 0.15) is 0 Å². The summed E-state index contributed by atoms with van der Waals surface area (Å²) in [6.07, 6.45) is 0. The average Bonchev–Trinajstić information content (AvgIpc) is 2.17. The van der Waals surface area contributed by atoms with E-state index in [1.54, 1.807) is 0 Å². The van der Waals surface area contributed by atoms with Gasteiger partial charge in [0.25, 0.3) is 0 Å². The number of rotatable bonds is 1. The molecule has 1 aliphatic heterocycles. The van der Waals surface area contributed by atoms with Gasteiger partial charge in [0.2, 0.25) is 0 Å². The smallest absolute Gasteiger partial charge is 0.0437 e. The van der Waals surface area contributed by atoms with Gasteiger partial charge in [0, 0.05) is 40.5 Å². The van der Waals surface area contributed by atoms with Crippen molar-refractivity contribution in [2.24, 2.45) is 0 Å². The number of nitrogens with zero attached hydrogens (tertiary/aromatic N) is 2. The minimum atomic E-state index is 0.829. The number of hydrogen-bond donors (Lipinski definition) is 0. The molecule has 15 heavy (non-hydrogen) atoms. The number of benzene rings is 1. The van der Waals surface area contributed by atoms with Gasteiger partial charge < -0.3 is 9.80 Å². The lowest BCUT2D eigenvalue weighted by Gasteiger charge is -2.34. The van der Waals surface area contributed by atoms with Gasteiger partial charge >= 0.3 is 0 Å². The van der Waals surface area contributed by atoms with E-state index in [1.165, 1.54) is 9.26 Å². The van der Waals surface area contributed by atoms with Crippen molar-refractivity contribution in [3.8, 4) is 0 Å². The van der Waals surface area contributed by atoms with Crippen LogP contribution >= 0.6 is 34.2 Å². The Morgan fingerprint density at radius 3 is 2.40 bits per heavy atom. The molecule has 2 nitrogen and oxygen atoms in total. The molecule has 0 bridgehead atoms. The number of likely N-dealkylation sites (N-methyl/N-ethyl adjacent to an activating group) is 1. The normalized spacial score (nSPS) is 18.2. The highest BCUT2D eigenvalue weighted by molar-refractivity contribution is 14.1. The lowest BCUT2D eigenvalue weighted by molar-refractivity contribution is 0.313. The molecule has 0 N–H and O–H groups in total. The van der Waals surface area contributed by atoms with Crippen LogP contribution in [0.25, 0.3) is 0 Å². The van der Waals surface area contributed by atoms with E-state index in [-0.39, 0.29) is 0 Å². The van der Waals surface area contributed by atoms with Crippen molar-refractivity contribution in [2.75, 3.05) is 38.1 Å². The van der Waals surface area contributed by atoms with Gasteiger partial charge in [0.1, 0.15) is 0 Å². The van der Waals surface area contributed by atoms with Crippen molar-refractivity contribution in [3.05, 3.63) is 26.8 Å². The van der Waals surface area contributed by atoms with E-state index in [2.05, 4.69) is 51.6 Å². The van der Waals surface area contributed by atoms with E-state index in [4.69, 9.17) is 11.6 Å². The molecule has 82 valence electrons. The maximum Gasteiger partial charge on any atom is 0.0437 e. The summed E-state index contributed by atoms with van der Waals surface area (Å²) in [5, 5.41) is 0.829. The number of anilines is 1. The van der Waals surface area contributed by atoms with E-state index in [0.29, 0.717) is 0 Å². The minimum Gasteiger partial charge on any atom is -0.369 e. The van der Waals surface area contributed by atoms with Crippen molar-refractivity contribution in [1.29, 1.82) is 0 Å². The molecule has 0 aromatic heterocycles. The molecule has 0 amide bonds.